The van der Waals surface area contributed by atoms with Crippen molar-refractivity contribution < 1.29 is 18.0 Å². The fourth-order valence-corrected chi connectivity index (χ4v) is 2.32. The van der Waals surface area contributed by atoms with Crippen LogP contribution in [0.5, 0.6) is 0 Å². The van der Waals surface area contributed by atoms with E-state index >= 15 is 0 Å². The van der Waals surface area contributed by atoms with E-state index in [1.165, 1.54) is 11.0 Å². The highest BCUT2D eigenvalue weighted by Crippen LogP contribution is 2.25. The summed E-state index contributed by atoms with van der Waals surface area (Å²) in [7, 11) is 1.66. The lowest BCUT2D eigenvalue weighted by atomic mass is 10.1. The first kappa shape index (κ1) is 15.1. The first-order valence-electron chi connectivity index (χ1n) is 7.20. The summed E-state index contributed by atoms with van der Waals surface area (Å²) in [6.45, 7) is 2.18. The van der Waals surface area contributed by atoms with E-state index in [2.05, 4.69) is 0 Å². The third-order valence-corrected chi connectivity index (χ3v) is 3.49. The monoisotopic (exact) mass is 313 g/mol. The molecular formula is C18H16FNO3. The summed E-state index contributed by atoms with van der Waals surface area (Å²) in [5, 5.41) is 0. The Hall–Kier alpha value is -2.82. The van der Waals surface area contributed by atoms with Crippen molar-refractivity contribution >= 4 is 5.91 Å². The molecule has 0 radical (unpaired) electrons. The van der Waals surface area contributed by atoms with E-state index < -0.39 is 0 Å². The highest BCUT2D eigenvalue weighted by atomic mass is 19.1. The number of carbonyl (C=O) groups excluding carboxylic acids is 1. The van der Waals surface area contributed by atoms with Crippen LogP contribution in [0.15, 0.2) is 57.4 Å². The van der Waals surface area contributed by atoms with Gasteiger partial charge in [0.05, 0.1) is 12.1 Å². The Morgan fingerprint density at radius 2 is 1.87 bits per heavy atom. The van der Waals surface area contributed by atoms with Gasteiger partial charge in [-0.05, 0) is 43.3 Å². The zero-order chi connectivity index (χ0) is 16.4. The molecular weight excluding hydrogens is 297 g/mol. The molecule has 0 aliphatic rings. The van der Waals surface area contributed by atoms with Gasteiger partial charge in [-0.1, -0.05) is 12.1 Å². The number of carbonyl (C=O) groups is 1. The molecule has 0 saturated heterocycles. The van der Waals surface area contributed by atoms with Crippen molar-refractivity contribution in [2.24, 2.45) is 0 Å². The molecule has 1 aromatic carbocycles. The van der Waals surface area contributed by atoms with Crippen molar-refractivity contribution in [3.05, 3.63) is 71.6 Å². The topological polar surface area (TPSA) is 46.6 Å². The van der Waals surface area contributed by atoms with Crippen LogP contribution in [0, 0.1) is 12.7 Å². The van der Waals surface area contributed by atoms with Crippen LogP contribution in [0.25, 0.3) is 11.3 Å². The van der Waals surface area contributed by atoms with Crippen LogP contribution < -0.4 is 0 Å². The zero-order valence-corrected chi connectivity index (χ0v) is 12.9. The van der Waals surface area contributed by atoms with Gasteiger partial charge in [-0.15, -0.1) is 0 Å². The van der Waals surface area contributed by atoms with Crippen molar-refractivity contribution in [1.29, 1.82) is 0 Å². The number of benzene rings is 1. The molecule has 0 bridgehead atoms. The van der Waals surface area contributed by atoms with Gasteiger partial charge in [0, 0.05) is 7.05 Å². The van der Waals surface area contributed by atoms with Crippen molar-refractivity contribution in [3.63, 3.8) is 0 Å². The second-order valence-electron chi connectivity index (χ2n) is 5.32. The van der Waals surface area contributed by atoms with Crippen LogP contribution in [0.4, 0.5) is 4.39 Å². The number of hydrogen-bond donors (Lipinski definition) is 0. The van der Waals surface area contributed by atoms with Gasteiger partial charge in [-0.25, -0.2) is 4.39 Å². The van der Waals surface area contributed by atoms with Crippen molar-refractivity contribution in [3.8, 4) is 11.3 Å². The third kappa shape index (κ3) is 3.18. The number of aryl methyl sites for hydroxylation is 1. The number of halogens is 1. The maximum atomic E-state index is 13.8. The van der Waals surface area contributed by atoms with Crippen LogP contribution in [0.1, 0.15) is 22.1 Å². The minimum Gasteiger partial charge on any atom is -0.464 e. The summed E-state index contributed by atoms with van der Waals surface area (Å²) in [4.78, 5) is 13.9. The van der Waals surface area contributed by atoms with Gasteiger partial charge >= 0.3 is 0 Å². The van der Waals surface area contributed by atoms with Crippen molar-refractivity contribution in [2.45, 2.75) is 13.5 Å². The molecule has 0 unspecified atom stereocenters. The Labute approximate surface area is 133 Å². The molecule has 23 heavy (non-hydrogen) atoms. The molecule has 2 aromatic heterocycles. The molecule has 0 spiro atoms. The van der Waals surface area contributed by atoms with E-state index in [0.29, 0.717) is 23.6 Å². The minimum absolute atomic E-state index is 0.161. The largest absolute Gasteiger partial charge is 0.464 e. The average Bonchev–Trinajstić information content (AvgIpc) is 3.16. The SMILES string of the molecule is Cc1ccc(CN(C)C(=O)c2ccc(-c3ccccc3F)o2)o1. The standard InChI is InChI=1S/C18H16FNO3/c1-12-7-8-13(22-12)11-20(2)18(21)17-10-9-16(23-17)14-5-3-4-6-15(14)19/h3-10H,11H2,1-2H3. The number of rotatable bonds is 4. The molecule has 1 amide bonds. The van der Waals surface area contributed by atoms with Gasteiger partial charge in [-0.2, -0.15) is 0 Å². The number of hydrogen-bond acceptors (Lipinski definition) is 3. The maximum absolute atomic E-state index is 13.8. The molecule has 3 aromatic rings. The second kappa shape index (κ2) is 6.12. The fraction of sp³-hybridized carbons (Fsp3) is 0.167. The van der Waals surface area contributed by atoms with Gasteiger partial charge in [0.2, 0.25) is 0 Å². The Bertz CT molecular complexity index is 834. The first-order valence-corrected chi connectivity index (χ1v) is 7.20. The molecule has 0 fully saturated rings. The molecule has 0 aliphatic heterocycles. The Morgan fingerprint density at radius 1 is 1.09 bits per heavy atom. The van der Waals surface area contributed by atoms with Gasteiger partial charge in [0.25, 0.3) is 5.91 Å². The van der Waals surface area contributed by atoms with Crippen molar-refractivity contribution in [2.75, 3.05) is 7.05 Å². The molecule has 0 N–H and O–H groups in total. The molecule has 3 rings (SSSR count). The van der Waals surface area contributed by atoms with E-state index in [9.17, 15) is 9.18 Å². The van der Waals surface area contributed by atoms with Crippen LogP contribution >= 0.6 is 0 Å². The Kier molecular flexibility index (Phi) is 4.02. The summed E-state index contributed by atoms with van der Waals surface area (Å²) in [6.07, 6.45) is 0. The highest BCUT2D eigenvalue weighted by molar-refractivity contribution is 5.91. The smallest absolute Gasteiger partial charge is 0.289 e. The quantitative estimate of drug-likeness (QED) is 0.723. The Balaban J connectivity index is 1.77. The van der Waals surface area contributed by atoms with E-state index in [4.69, 9.17) is 8.83 Å². The van der Waals surface area contributed by atoms with Crippen LogP contribution in [0.3, 0.4) is 0 Å². The average molecular weight is 313 g/mol. The lowest BCUT2D eigenvalue weighted by Crippen LogP contribution is -2.25. The van der Waals surface area contributed by atoms with Crippen molar-refractivity contribution in [1.82, 2.24) is 4.90 Å². The second-order valence-corrected chi connectivity index (χ2v) is 5.32. The molecule has 0 aliphatic carbocycles. The molecule has 118 valence electrons. The number of amides is 1. The number of nitrogens with zero attached hydrogens (tertiary/aromatic N) is 1. The molecule has 2 heterocycles. The minimum atomic E-state index is -0.389. The number of furan rings is 2. The summed E-state index contributed by atoms with van der Waals surface area (Å²) < 4.78 is 24.7. The lowest BCUT2D eigenvalue weighted by molar-refractivity contribution is 0.0744. The van der Waals surface area contributed by atoms with Crippen LogP contribution in [-0.2, 0) is 6.54 Å². The van der Waals surface area contributed by atoms with Crippen LogP contribution in [0.2, 0.25) is 0 Å². The zero-order valence-electron chi connectivity index (χ0n) is 12.9. The van der Waals surface area contributed by atoms with E-state index in [1.54, 1.807) is 37.4 Å². The molecule has 4 nitrogen and oxygen atoms in total. The molecule has 0 atom stereocenters. The predicted octanol–water partition coefficient (Wildman–Crippen LogP) is 4.26. The highest BCUT2D eigenvalue weighted by Gasteiger charge is 2.18. The van der Waals surface area contributed by atoms with E-state index in [1.807, 2.05) is 19.1 Å². The van der Waals surface area contributed by atoms with Crippen LogP contribution in [-0.4, -0.2) is 17.9 Å². The van der Waals surface area contributed by atoms with Gasteiger partial charge in [-0.3, -0.25) is 4.79 Å². The van der Waals surface area contributed by atoms with Gasteiger partial charge in [0.15, 0.2) is 5.76 Å². The van der Waals surface area contributed by atoms with E-state index in [-0.39, 0.29) is 17.5 Å². The Morgan fingerprint density at radius 3 is 2.57 bits per heavy atom. The van der Waals surface area contributed by atoms with E-state index in [0.717, 1.165) is 5.76 Å². The summed E-state index contributed by atoms with van der Waals surface area (Å²) in [5.41, 5.74) is 0.330. The normalized spacial score (nSPS) is 10.7. The summed E-state index contributed by atoms with van der Waals surface area (Å²) in [5.74, 6) is 1.30. The van der Waals surface area contributed by atoms with Gasteiger partial charge < -0.3 is 13.7 Å². The maximum Gasteiger partial charge on any atom is 0.289 e. The summed E-state index contributed by atoms with van der Waals surface area (Å²) in [6, 6.07) is 13.1. The predicted molar refractivity (Wildman–Crippen MR) is 83.3 cm³/mol. The molecule has 5 heteroatoms. The van der Waals surface area contributed by atoms with Gasteiger partial charge in [0.1, 0.15) is 23.1 Å². The first-order chi connectivity index (χ1) is 11.0. The molecule has 0 saturated carbocycles. The fourth-order valence-electron chi connectivity index (χ4n) is 2.32. The third-order valence-electron chi connectivity index (χ3n) is 3.49. The lowest BCUT2D eigenvalue weighted by Gasteiger charge is -2.13. The summed E-state index contributed by atoms with van der Waals surface area (Å²) >= 11 is 0.